The topological polar surface area (TPSA) is 6.48 Å². The van der Waals surface area contributed by atoms with Crippen LogP contribution >= 0.6 is 0 Å². The standard InChI is InChI=1S/C62H44N2/c1-6-21-45(22-7-1)46-37-39-47(40-38-46)52-35-20-36-58(55-41-43-60(56-33-18-16-31-53(55)56)63(48-23-8-2-9-24-48)49-25-10-3-11-26-49)62(52)59-42-44-61(57-34-19-17-32-54(57)59)64(50-27-12-4-13-28-50)51-29-14-5-15-30-51/h1-44H. The lowest BCUT2D eigenvalue weighted by atomic mass is 9.83. The van der Waals surface area contributed by atoms with Crippen LogP contribution in [0.15, 0.2) is 267 Å². The summed E-state index contributed by atoms with van der Waals surface area (Å²) in [4.78, 5) is 4.74. The summed E-state index contributed by atoms with van der Waals surface area (Å²) in [5.74, 6) is 0. The molecule has 64 heavy (non-hydrogen) atoms. The summed E-state index contributed by atoms with van der Waals surface area (Å²) in [5.41, 5.74) is 16.2. The summed E-state index contributed by atoms with van der Waals surface area (Å²) in [6.07, 6.45) is 0. The van der Waals surface area contributed by atoms with Gasteiger partial charge in [0.1, 0.15) is 0 Å². The van der Waals surface area contributed by atoms with Crippen LogP contribution in [0.4, 0.5) is 34.1 Å². The first kappa shape index (κ1) is 38.5. The zero-order valence-electron chi connectivity index (χ0n) is 35.3. The molecule has 0 aromatic heterocycles. The van der Waals surface area contributed by atoms with Gasteiger partial charge in [-0.15, -0.1) is 0 Å². The molecule has 0 bridgehead atoms. The van der Waals surface area contributed by atoms with Gasteiger partial charge in [-0.3, -0.25) is 0 Å². The number of nitrogens with zero attached hydrogens (tertiary/aromatic N) is 2. The smallest absolute Gasteiger partial charge is 0.0540 e. The SMILES string of the molecule is c1ccc(-c2ccc(-c3cccc(-c4ccc(N(c5ccccc5)c5ccccc5)c5ccccc45)c3-c3ccc(N(c4ccccc4)c4ccccc4)c4ccccc34)cc2)cc1. The second-order valence-electron chi connectivity index (χ2n) is 16.0. The van der Waals surface area contributed by atoms with Gasteiger partial charge in [0.15, 0.2) is 0 Å². The third-order valence-electron chi connectivity index (χ3n) is 12.3. The Hall–Kier alpha value is -8.46. The van der Waals surface area contributed by atoms with Gasteiger partial charge in [-0.05, 0) is 116 Å². The zero-order chi connectivity index (χ0) is 42.7. The van der Waals surface area contributed by atoms with Crippen LogP contribution in [-0.2, 0) is 0 Å². The Balaban J connectivity index is 1.16. The van der Waals surface area contributed by atoms with E-state index in [1.54, 1.807) is 0 Å². The molecule has 0 unspecified atom stereocenters. The molecule has 0 atom stereocenters. The molecule has 0 saturated heterocycles. The molecule has 0 aliphatic carbocycles. The highest BCUT2D eigenvalue weighted by atomic mass is 15.1. The molecule has 0 fully saturated rings. The van der Waals surface area contributed by atoms with Crippen LogP contribution in [0.2, 0.25) is 0 Å². The van der Waals surface area contributed by atoms with Crippen LogP contribution in [-0.4, -0.2) is 0 Å². The van der Waals surface area contributed by atoms with Crippen LogP contribution in [0.5, 0.6) is 0 Å². The summed E-state index contributed by atoms with van der Waals surface area (Å²) in [6, 6.07) is 96.3. The molecule has 0 aliphatic rings. The van der Waals surface area contributed by atoms with E-state index < -0.39 is 0 Å². The fourth-order valence-electron chi connectivity index (χ4n) is 9.35. The molecular weight excluding hydrogens is 773 g/mol. The Bertz CT molecular complexity index is 3270. The van der Waals surface area contributed by atoms with Crippen LogP contribution in [0.1, 0.15) is 0 Å². The largest absolute Gasteiger partial charge is 0.310 e. The molecule has 2 nitrogen and oxygen atoms in total. The number of para-hydroxylation sites is 4. The third-order valence-corrected chi connectivity index (χ3v) is 12.3. The minimum absolute atomic E-state index is 1.11. The molecule has 2 heteroatoms. The Morgan fingerprint density at radius 2 is 0.531 bits per heavy atom. The van der Waals surface area contributed by atoms with Crippen LogP contribution < -0.4 is 9.80 Å². The molecule has 0 saturated carbocycles. The van der Waals surface area contributed by atoms with Gasteiger partial charge in [0.25, 0.3) is 0 Å². The van der Waals surface area contributed by atoms with E-state index in [-0.39, 0.29) is 0 Å². The van der Waals surface area contributed by atoms with E-state index in [0.717, 1.165) is 34.1 Å². The van der Waals surface area contributed by atoms with E-state index in [1.807, 2.05) is 0 Å². The van der Waals surface area contributed by atoms with Crippen molar-refractivity contribution in [3.05, 3.63) is 267 Å². The summed E-state index contributed by atoms with van der Waals surface area (Å²) >= 11 is 0. The molecule has 302 valence electrons. The van der Waals surface area contributed by atoms with Crippen molar-refractivity contribution < 1.29 is 0 Å². The summed E-state index contributed by atoms with van der Waals surface area (Å²) in [6.45, 7) is 0. The predicted octanol–water partition coefficient (Wildman–Crippen LogP) is 17.6. The molecule has 0 radical (unpaired) electrons. The first-order valence-electron chi connectivity index (χ1n) is 21.9. The molecule has 0 N–H and O–H groups in total. The van der Waals surface area contributed by atoms with Crippen molar-refractivity contribution in [3.63, 3.8) is 0 Å². The predicted molar refractivity (Wildman–Crippen MR) is 273 cm³/mol. The van der Waals surface area contributed by atoms with E-state index in [0.29, 0.717) is 0 Å². The van der Waals surface area contributed by atoms with Gasteiger partial charge in [-0.2, -0.15) is 0 Å². The van der Waals surface area contributed by atoms with Crippen LogP contribution in [0.25, 0.3) is 66.1 Å². The maximum atomic E-state index is 2.37. The first-order valence-corrected chi connectivity index (χ1v) is 21.9. The highest BCUT2D eigenvalue weighted by Crippen LogP contribution is 2.49. The molecule has 11 aromatic carbocycles. The third kappa shape index (κ3) is 7.17. The average molecular weight is 817 g/mol. The fourth-order valence-corrected chi connectivity index (χ4v) is 9.35. The number of fused-ring (bicyclic) bond motifs is 2. The van der Waals surface area contributed by atoms with Gasteiger partial charge in [0, 0.05) is 33.5 Å². The average Bonchev–Trinajstić information content (AvgIpc) is 3.38. The van der Waals surface area contributed by atoms with E-state index in [4.69, 9.17) is 0 Å². The summed E-state index contributed by atoms with van der Waals surface area (Å²) < 4.78 is 0. The molecule has 11 aromatic rings. The molecular formula is C62H44N2. The highest BCUT2D eigenvalue weighted by Gasteiger charge is 2.23. The Morgan fingerprint density at radius 1 is 0.188 bits per heavy atom. The van der Waals surface area contributed by atoms with Crippen molar-refractivity contribution in [1.29, 1.82) is 0 Å². The van der Waals surface area contributed by atoms with Crippen molar-refractivity contribution in [1.82, 2.24) is 0 Å². The Kier molecular flexibility index (Phi) is 10.3. The lowest BCUT2D eigenvalue weighted by Gasteiger charge is -2.28. The summed E-state index contributed by atoms with van der Waals surface area (Å²) in [5, 5.41) is 4.73. The normalized spacial score (nSPS) is 11.1. The van der Waals surface area contributed by atoms with E-state index in [9.17, 15) is 0 Å². The van der Waals surface area contributed by atoms with Crippen molar-refractivity contribution in [3.8, 4) is 44.5 Å². The maximum absolute atomic E-state index is 2.37. The second-order valence-corrected chi connectivity index (χ2v) is 16.0. The maximum Gasteiger partial charge on any atom is 0.0540 e. The molecule has 0 heterocycles. The minimum Gasteiger partial charge on any atom is -0.310 e. The number of anilines is 6. The van der Waals surface area contributed by atoms with Gasteiger partial charge < -0.3 is 9.80 Å². The van der Waals surface area contributed by atoms with Crippen molar-refractivity contribution >= 4 is 55.7 Å². The van der Waals surface area contributed by atoms with E-state index >= 15 is 0 Å². The number of hydrogen-bond donors (Lipinski definition) is 0. The number of rotatable bonds is 10. The Morgan fingerprint density at radius 3 is 1.00 bits per heavy atom. The molecule has 0 aliphatic heterocycles. The zero-order valence-corrected chi connectivity index (χ0v) is 35.3. The van der Waals surface area contributed by atoms with Gasteiger partial charge in [0.05, 0.1) is 11.4 Å². The van der Waals surface area contributed by atoms with Gasteiger partial charge in [0.2, 0.25) is 0 Å². The molecule has 0 spiro atoms. The monoisotopic (exact) mass is 816 g/mol. The Labute approximate surface area is 375 Å². The van der Waals surface area contributed by atoms with E-state index in [1.165, 1.54) is 66.1 Å². The first-order chi connectivity index (χ1) is 31.8. The van der Waals surface area contributed by atoms with Crippen molar-refractivity contribution in [2.24, 2.45) is 0 Å². The van der Waals surface area contributed by atoms with Crippen LogP contribution in [0, 0.1) is 0 Å². The summed E-state index contributed by atoms with van der Waals surface area (Å²) in [7, 11) is 0. The van der Waals surface area contributed by atoms with Gasteiger partial charge in [-0.1, -0.05) is 206 Å². The number of hydrogen-bond acceptors (Lipinski definition) is 2. The lowest BCUT2D eigenvalue weighted by Crippen LogP contribution is -2.10. The molecule has 11 rings (SSSR count). The van der Waals surface area contributed by atoms with Gasteiger partial charge >= 0.3 is 0 Å². The second kappa shape index (κ2) is 17.1. The molecule has 0 amide bonds. The lowest BCUT2D eigenvalue weighted by molar-refractivity contribution is 1.30. The fraction of sp³-hybridized carbons (Fsp3) is 0. The van der Waals surface area contributed by atoms with Crippen molar-refractivity contribution in [2.75, 3.05) is 9.80 Å². The van der Waals surface area contributed by atoms with Crippen LogP contribution in [0.3, 0.4) is 0 Å². The van der Waals surface area contributed by atoms with Crippen molar-refractivity contribution in [2.45, 2.75) is 0 Å². The minimum atomic E-state index is 1.11. The quantitative estimate of drug-likeness (QED) is 0.136. The highest BCUT2D eigenvalue weighted by molar-refractivity contribution is 6.14. The number of benzene rings is 11. The van der Waals surface area contributed by atoms with Gasteiger partial charge in [-0.25, -0.2) is 0 Å². The van der Waals surface area contributed by atoms with E-state index in [2.05, 4.69) is 277 Å².